The van der Waals surface area contributed by atoms with Gasteiger partial charge >= 0.3 is 0 Å². The first-order valence-electron chi connectivity index (χ1n) is 8.96. The second kappa shape index (κ2) is 9.54. The van der Waals surface area contributed by atoms with Crippen molar-refractivity contribution in [2.45, 2.75) is 33.7 Å². The van der Waals surface area contributed by atoms with Gasteiger partial charge in [0.2, 0.25) is 0 Å². The SMILES string of the molecule is CCN(CC)[C@H](CNC(=S)Nc1ccc(C)cc1C)c1ccccc1. The molecule has 0 amide bonds. The van der Waals surface area contributed by atoms with Gasteiger partial charge in [-0.3, -0.25) is 4.90 Å². The number of rotatable bonds is 7. The molecule has 0 unspecified atom stereocenters. The maximum Gasteiger partial charge on any atom is 0.170 e. The molecule has 4 heteroatoms. The van der Waals surface area contributed by atoms with Crippen LogP contribution in [0.5, 0.6) is 0 Å². The summed E-state index contributed by atoms with van der Waals surface area (Å²) >= 11 is 5.52. The first-order valence-corrected chi connectivity index (χ1v) is 9.37. The van der Waals surface area contributed by atoms with Crippen molar-refractivity contribution in [2.75, 3.05) is 25.0 Å². The van der Waals surface area contributed by atoms with Crippen LogP contribution in [0.4, 0.5) is 5.69 Å². The predicted octanol–water partition coefficient (Wildman–Crippen LogP) is 4.67. The third-order valence-electron chi connectivity index (χ3n) is 4.52. The monoisotopic (exact) mass is 355 g/mol. The van der Waals surface area contributed by atoms with Gasteiger partial charge in [-0.1, -0.05) is 61.9 Å². The highest BCUT2D eigenvalue weighted by molar-refractivity contribution is 7.80. The van der Waals surface area contributed by atoms with Crippen molar-refractivity contribution in [3.8, 4) is 0 Å². The van der Waals surface area contributed by atoms with Crippen molar-refractivity contribution >= 4 is 23.0 Å². The summed E-state index contributed by atoms with van der Waals surface area (Å²) in [6.45, 7) is 11.4. The molecule has 0 bridgehead atoms. The summed E-state index contributed by atoms with van der Waals surface area (Å²) in [7, 11) is 0. The number of aryl methyl sites for hydroxylation is 2. The summed E-state index contributed by atoms with van der Waals surface area (Å²) in [5, 5.41) is 7.39. The number of thiocarbonyl (C=S) groups is 1. The molecule has 1 atom stereocenters. The van der Waals surface area contributed by atoms with Crippen LogP contribution in [-0.2, 0) is 0 Å². The molecule has 134 valence electrons. The van der Waals surface area contributed by atoms with Gasteiger partial charge < -0.3 is 10.6 Å². The van der Waals surface area contributed by atoms with E-state index in [1.54, 1.807) is 0 Å². The minimum atomic E-state index is 0.301. The molecule has 0 saturated carbocycles. The molecule has 0 aromatic heterocycles. The van der Waals surface area contributed by atoms with E-state index in [0.29, 0.717) is 11.2 Å². The van der Waals surface area contributed by atoms with Crippen LogP contribution >= 0.6 is 12.2 Å². The Bertz CT molecular complexity index is 681. The third-order valence-corrected chi connectivity index (χ3v) is 4.77. The molecule has 25 heavy (non-hydrogen) atoms. The maximum atomic E-state index is 5.52. The molecule has 0 aliphatic heterocycles. The van der Waals surface area contributed by atoms with Crippen LogP contribution < -0.4 is 10.6 Å². The van der Waals surface area contributed by atoms with Crippen molar-refractivity contribution in [3.05, 3.63) is 65.2 Å². The Hall–Kier alpha value is -1.91. The van der Waals surface area contributed by atoms with E-state index in [-0.39, 0.29) is 0 Å². The van der Waals surface area contributed by atoms with Gasteiger partial charge in [-0.2, -0.15) is 0 Å². The van der Waals surface area contributed by atoms with Gasteiger partial charge in [0, 0.05) is 12.2 Å². The minimum Gasteiger partial charge on any atom is -0.361 e. The molecule has 0 heterocycles. The van der Waals surface area contributed by atoms with Crippen molar-refractivity contribution < 1.29 is 0 Å². The lowest BCUT2D eigenvalue weighted by Crippen LogP contribution is -2.39. The summed E-state index contributed by atoms with van der Waals surface area (Å²) < 4.78 is 0. The summed E-state index contributed by atoms with van der Waals surface area (Å²) in [4.78, 5) is 2.45. The van der Waals surface area contributed by atoms with Gasteiger partial charge in [-0.25, -0.2) is 0 Å². The van der Waals surface area contributed by atoms with Crippen LogP contribution in [0.2, 0.25) is 0 Å². The molecular weight excluding hydrogens is 326 g/mol. The van der Waals surface area contributed by atoms with Gasteiger partial charge in [0.05, 0.1) is 6.04 Å². The van der Waals surface area contributed by atoms with Gasteiger partial charge in [0.15, 0.2) is 5.11 Å². The molecule has 2 N–H and O–H groups in total. The molecule has 3 nitrogen and oxygen atoms in total. The molecule has 0 saturated heterocycles. The second-order valence-corrected chi connectivity index (χ2v) is 6.71. The normalized spacial score (nSPS) is 12.0. The van der Waals surface area contributed by atoms with E-state index in [9.17, 15) is 0 Å². The van der Waals surface area contributed by atoms with Crippen LogP contribution in [0, 0.1) is 13.8 Å². The highest BCUT2D eigenvalue weighted by Crippen LogP contribution is 2.20. The zero-order chi connectivity index (χ0) is 18.2. The molecule has 2 aromatic carbocycles. The van der Waals surface area contributed by atoms with Crippen LogP contribution in [0.25, 0.3) is 0 Å². The summed E-state index contributed by atoms with van der Waals surface area (Å²) in [6, 6.07) is 17.3. The molecular formula is C21H29N3S. The number of anilines is 1. The minimum absolute atomic E-state index is 0.301. The van der Waals surface area contributed by atoms with E-state index in [2.05, 4.69) is 91.8 Å². The average molecular weight is 356 g/mol. The number of nitrogens with zero attached hydrogens (tertiary/aromatic N) is 1. The maximum absolute atomic E-state index is 5.52. The molecule has 0 aliphatic rings. The zero-order valence-electron chi connectivity index (χ0n) is 15.7. The van der Waals surface area contributed by atoms with Crippen LogP contribution in [0.15, 0.2) is 48.5 Å². The van der Waals surface area contributed by atoms with Gasteiger partial charge in [0.25, 0.3) is 0 Å². The fourth-order valence-corrected chi connectivity index (χ4v) is 3.30. The average Bonchev–Trinajstić information content (AvgIpc) is 2.62. The highest BCUT2D eigenvalue weighted by atomic mass is 32.1. The van der Waals surface area contributed by atoms with Gasteiger partial charge in [-0.15, -0.1) is 0 Å². The molecule has 2 aromatic rings. The van der Waals surface area contributed by atoms with Gasteiger partial charge in [0.1, 0.15) is 0 Å². The molecule has 0 spiro atoms. The predicted molar refractivity (Wildman–Crippen MR) is 112 cm³/mol. The number of hydrogen-bond acceptors (Lipinski definition) is 2. The number of likely N-dealkylation sites (N-methyl/N-ethyl adjacent to an activating group) is 1. The Morgan fingerprint density at radius 2 is 1.72 bits per heavy atom. The lowest BCUT2D eigenvalue weighted by atomic mass is 10.1. The van der Waals surface area contributed by atoms with Crippen LogP contribution in [0.3, 0.4) is 0 Å². The Kier molecular flexibility index (Phi) is 7.41. The van der Waals surface area contributed by atoms with E-state index in [1.165, 1.54) is 16.7 Å². The standard InChI is InChI=1S/C21H29N3S/c1-5-24(6-2)20(18-10-8-7-9-11-18)15-22-21(25)23-19-13-12-16(3)14-17(19)4/h7-14,20H,5-6,15H2,1-4H3,(H2,22,23,25)/t20-/m1/s1. The van der Waals surface area contributed by atoms with Crippen LogP contribution in [0.1, 0.15) is 36.6 Å². The van der Waals surface area contributed by atoms with Crippen molar-refractivity contribution in [1.29, 1.82) is 0 Å². The number of benzene rings is 2. The van der Waals surface area contributed by atoms with E-state index in [4.69, 9.17) is 12.2 Å². The lowest BCUT2D eigenvalue weighted by molar-refractivity contribution is 0.219. The van der Waals surface area contributed by atoms with Gasteiger partial charge in [-0.05, 0) is 56.3 Å². The molecule has 0 radical (unpaired) electrons. The molecule has 0 fully saturated rings. The fraction of sp³-hybridized carbons (Fsp3) is 0.381. The van der Waals surface area contributed by atoms with E-state index >= 15 is 0 Å². The topological polar surface area (TPSA) is 27.3 Å². The lowest BCUT2D eigenvalue weighted by Gasteiger charge is -2.30. The summed E-state index contributed by atoms with van der Waals surface area (Å²) in [5.74, 6) is 0. The third kappa shape index (κ3) is 5.55. The summed E-state index contributed by atoms with van der Waals surface area (Å²) in [5.41, 5.74) is 4.83. The smallest absolute Gasteiger partial charge is 0.170 e. The fourth-order valence-electron chi connectivity index (χ4n) is 3.11. The Morgan fingerprint density at radius 1 is 1.04 bits per heavy atom. The Balaban J connectivity index is 2.03. The second-order valence-electron chi connectivity index (χ2n) is 6.30. The summed E-state index contributed by atoms with van der Waals surface area (Å²) in [6.07, 6.45) is 0. The molecule has 0 aliphatic carbocycles. The Morgan fingerprint density at radius 3 is 2.32 bits per heavy atom. The van der Waals surface area contributed by atoms with Crippen molar-refractivity contribution in [2.24, 2.45) is 0 Å². The van der Waals surface area contributed by atoms with Crippen molar-refractivity contribution in [1.82, 2.24) is 10.2 Å². The Labute approximate surface area is 157 Å². The van der Waals surface area contributed by atoms with Crippen molar-refractivity contribution in [3.63, 3.8) is 0 Å². The largest absolute Gasteiger partial charge is 0.361 e. The quantitative estimate of drug-likeness (QED) is 0.706. The molecule has 2 rings (SSSR count). The highest BCUT2D eigenvalue weighted by Gasteiger charge is 2.18. The van der Waals surface area contributed by atoms with E-state index < -0.39 is 0 Å². The zero-order valence-corrected chi connectivity index (χ0v) is 16.5. The van der Waals surface area contributed by atoms with E-state index in [1.807, 2.05) is 0 Å². The van der Waals surface area contributed by atoms with Crippen LogP contribution in [-0.4, -0.2) is 29.6 Å². The first-order chi connectivity index (χ1) is 12.0. The van der Waals surface area contributed by atoms with E-state index in [0.717, 1.165) is 25.3 Å². The number of hydrogen-bond donors (Lipinski definition) is 2. The first kappa shape index (κ1) is 19.4. The number of nitrogens with one attached hydrogen (secondary N) is 2.